The van der Waals surface area contributed by atoms with E-state index in [0.29, 0.717) is 46.4 Å². The van der Waals surface area contributed by atoms with E-state index in [1.807, 2.05) is 30.3 Å². The van der Waals surface area contributed by atoms with Crippen LogP contribution in [0.5, 0.6) is 5.75 Å². The van der Waals surface area contributed by atoms with Crippen molar-refractivity contribution >= 4 is 28.6 Å². The number of pyridine rings is 1. The van der Waals surface area contributed by atoms with Crippen LogP contribution in [-0.4, -0.2) is 62.6 Å². The number of rotatable bonds is 8. The number of fused-ring (bicyclic) bond motifs is 1. The van der Waals surface area contributed by atoms with Gasteiger partial charge in [-0.25, -0.2) is 14.4 Å². The Hall–Kier alpha value is -4.77. The molecule has 1 aliphatic heterocycles. The molecule has 5 aromatic rings. The molecule has 0 bridgehead atoms. The van der Waals surface area contributed by atoms with Gasteiger partial charge in [-0.2, -0.15) is 5.10 Å². The lowest BCUT2D eigenvalue weighted by Gasteiger charge is -2.31. The van der Waals surface area contributed by atoms with E-state index in [9.17, 15) is 14.3 Å². The summed E-state index contributed by atoms with van der Waals surface area (Å²) in [5.74, 6) is 2.05. The molecule has 2 aromatic carbocycles. The van der Waals surface area contributed by atoms with Gasteiger partial charge in [0.1, 0.15) is 23.1 Å². The van der Waals surface area contributed by atoms with Crippen molar-refractivity contribution in [2.24, 2.45) is 5.92 Å². The Labute approximate surface area is 235 Å². The first kappa shape index (κ1) is 26.5. The van der Waals surface area contributed by atoms with E-state index < -0.39 is 0 Å². The summed E-state index contributed by atoms with van der Waals surface area (Å²) in [5.41, 5.74) is 3.19. The number of aromatic nitrogens is 5. The maximum absolute atomic E-state index is 13.8. The first-order chi connectivity index (χ1) is 20.0. The first-order valence-electron chi connectivity index (χ1n) is 13.5. The predicted molar refractivity (Wildman–Crippen MR) is 154 cm³/mol. The smallest absolute Gasteiger partial charge is 0.258 e. The van der Waals surface area contributed by atoms with Gasteiger partial charge in [0.15, 0.2) is 11.6 Å². The second kappa shape index (κ2) is 11.4. The number of aromatic amines is 1. The van der Waals surface area contributed by atoms with Crippen LogP contribution in [0.25, 0.3) is 22.6 Å². The number of ether oxygens (including phenoxy) is 1. The largest absolute Gasteiger partial charge is 0.497 e. The third-order valence-corrected chi connectivity index (χ3v) is 7.41. The second-order valence-corrected chi connectivity index (χ2v) is 10.1. The second-order valence-electron chi connectivity index (χ2n) is 10.1. The Morgan fingerprint density at radius 2 is 1.93 bits per heavy atom. The molecule has 11 heteroatoms. The number of aliphatic hydroxyl groups is 1. The molecule has 1 fully saturated rings. The number of H-pyrrole nitrogens is 1. The number of halogens is 1. The van der Waals surface area contributed by atoms with Gasteiger partial charge >= 0.3 is 0 Å². The number of piperidine rings is 1. The Bertz CT molecular complexity index is 1660. The van der Waals surface area contributed by atoms with Crippen molar-refractivity contribution in [2.45, 2.75) is 19.4 Å². The van der Waals surface area contributed by atoms with Crippen LogP contribution < -0.4 is 15.0 Å². The molecule has 3 N–H and O–H groups in total. The van der Waals surface area contributed by atoms with E-state index in [1.54, 1.807) is 36.2 Å². The molecule has 0 unspecified atom stereocenters. The Kier molecular flexibility index (Phi) is 7.34. The lowest BCUT2D eigenvalue weighted by atomic mass is 9.98. The summed E-state index contributed by atoms with van der Waals surface area (Å²) in [6, 6.07) is 17.3. The van der Waals surface area contributed by atoms with E-state index in [-0.39, 0.29) is 18.3 Å². The van der Waals surface area contributed by atoms with Crippen LogP contribution in [0.15, 0.2) is 66.9 Å². The highest BCUT2D eigenvalue weighted by Crippen LogP contribution is 2.26. The molecule has 4 heterocycles. The fourth-order valence-electron chi connectivity index (χ4n) is 5.04. The zero-order chi connectivity index (χ0) is 28.3. The highest BCUT2D eigenvalue weighted by Gasteiger charge is 2.21. The third kappa shape index (κ3) is 5.75. The van der Waals surface area contributed by atoms with Gasteiger partial charge in [-0.05, 0) is 66.8 Å². The molecule has 1 amide bonds. The van der Waals surface area contributed by atoms with Gasteiger partial charge in [0.25, 0.3) is 5.91 Å². The summed E-state index contributed by atoms with van der Waals surface area (Å²) < 4.78 is 20.8. The summed E-state index contributed by atoms with van der Waals surface area (Å²) in [4.78, 5) is 27.6. The van der Waals surface area contributed by atoms with Crippen LogP contribution in [0.2, 0.25) is 0 Å². The number of methoxy groups -OCH3 is 1. The van der Waals surface area contributed by atoms with E-state index in [2.05, 4.69) is 30.3 Å². The molecular weight excluding hydrogens is 525 g/mol. The number of amides is 1. The highest BCUT2D eigenvalue weighted by molar-refractivity contribution is 6.03. The van der Waals surface area contributed by atoms with Gasteiger partial charge in [-0.15, -0.1) is 0 Å². The molecule has 3 aromatic heterocycles. The molecule has 1 aliphatic rings. The van der Waals surface area contributed by atoms with Crippen molar-refractivity contribution in [1.29, 1.82) is 0 Å². The molecule has 0 aliphatic carbocycles. The van der Waals surface area contributed by atoms with E-state index in [1.165, 1.54) is 12.1 Å². The molecule has 1 saturated heterocycles. The molecule has 0 saturated carbocycles. The number of nitrogens with one attached hydrogen (secondary N) is 2. The van der Waals surface area contributed by atoms with Crippen LogP contribution in [0, 0.1) is 11.7 Å². The molecule has 6 rings (SSSR count). The number of carbonyl (C=O) groups excluding carboxylic acids is 1. The topological polar surface area (TPSA) is 121 Å². The normalized spacial score (nSPS) is 14.0. The van der Waals surface area contributed by atoms with Crippen molar-refractivity contribution in [3.63, 3.8) is 0 Å². The summed E-state index contributed by atoms with van der Waals surface area (Å²) in [6.45, 7) is 2.27. The molecule has 0 radical (unpaired) electrons. The van der Waals surface area contributed by atoms with Crippen LogP contribution in [0.4, 0.5) is 16.0 Å². The minimum Gasteiger partial charge on any atom is -0.497 e. The van der Waals surface area contributed by atoms with E-state index >= 15 is 0 Å². The number of carbonyl (C=O) groups is 1. The summed E-state index contributed by atoms with van der Waals surface area (Å²) in [6.07, 6.45) is 3.40. The summed E-state index contributed by atoms with van der Waals surface area (Å²) in [7, 11) is 1.62. The van der Waals surface area contributed by atoms with Crippen LogP contribution in [-0.2, 0) is 6.54 Å². The maximum Gasteiger partial charge on any atom is 0.258 e. The predicted octanol–water partition coefficient (Wildman–Crippen LogP) is 4.48. The molecule has 0 spiro atoms. The van der Waals surface area contributed by atoms with Gasteiger partial charge in [0, 0.05) is 32.0 Å². The van der Waals surface area contributed by atoms with Crippen molar-refractivity contribution in [3.8, 4) is 17.3 Å². The Balaban J connectivity index is 1.24. The molecular formula is C30H30FN7O3. The Morgan fingerprint density at radius 3 is 2.63 bits per heavy atom. The zero-order valence-electron chi connectivity index (χ0n) is 22.5. The maximum atomic E-state index is 13.8. The monoisotopic (exact) mass is 555 g/mol. The number of benzene rings is 2. The van der Waals surface area contributed by atoms with Crippen molar-refractivity contribution in [1.82, 2.24) is 24.7 Å². The number of nitrogens with zero attached hydrogens (tertiary/aromatic N) is 5. The number of imidazole rings is 1. The van der Waals surface area contributed by atoms with Gasteiger partial charge in [0.05, 0.1) is 30.3 Å². The standard InChI is InChI=1S/C30H30FN7O3/c1-41-23-6-2-19(3-7-23)17-38-26(29-33-24-8-5-22(31)14-25(24)34-29)15-27(36-38)35-30(40)21-4-9-28(32-16-21)37-12-10-20(18-39)11-13-37/h2-9,14-16,20,39H,10-13,17-18H2,1H3,(H,33,34)(H,35,36,40). The lowest BCUT2D eigenvalue weighted by molar-refractivity contribution is 0.102. The number of anilines is 2. The van der Waals surface area contributed by atoms with E-state index in [0.717, 1.165) is 43.1 Å². The fraction of sp³-hybridized carbons (Fsp3) is 0.267. The van der Waals surface area contributed by atoms with Crippen LogP contribution >= 0.6 is 0 Å². The minimum atomic E-state index is -0.360. The number of aliphatic hydroxyl groups excluding tert-OH is 1. The average molecular weight is 556 g/mol. The lowest BCUT2D eigenvalue weighted by Crippen LogP contribution is -2.35. The fourth-order valence-corrected chi connectivity index (χ4v) is 5.04. The van der Waals surface area contributed by atoms with Crippen LogP contribution in [0.1, 0.15) is 28.8 Å². The molecule has 10 nitrogen and oxygen atoms in total. The van der Waals surface area contributed by atoms with Crippen molar-refractivity contribution < 1.29 is 19.0 Å². The van der Waals surface area contributed by atoms with Gasteiger partial charge in [-0.3, -0.25) is 9.48 Å². The van der Waals surface area contributed by atoms with Gasteiger partial charge in [0.2, 0.25) is 0 Å². The molecule has 210 valence electrons. The zero-order valence-corrected chi connectivity index (χ0v) is 22.5. The third-order valence-electron chi connectivity index (χ3n) is 7.41. The Morgan fingerprint density at radius 1 is 1.12 bits per heavy atom. The van der Waals surface area contributed by atoms with Gasteiger partial charge in [-0.1, -0.05) is 12.1 Å². The number of hydrogen-bond acceptors (Lipinski definition) is 7. The average Bonchev–Trinajstić information content (AvgIpc) is 3.60. The summed E-state index contributed by atoms with van der Waals surface area (Å²) in [5, 5.41) is 16.9. The quantitative estimate of drug-likeness (QED) is 0.258. The van der Waals surface area contributed by atoms with E-state index in [4.69, 9.17) is 4.74 Å². The van der Waals surface area contributed by atoms with Crippen molar-refractivity contribution in [2.75, 3.05) is 37.0 Å². The highest BCUT2D eigenvalue weighted by atomic mass is 19.1. The van der Waals surface area contributed by atoms with Crippen molar-refractivity contribution in [3.05, 3.63) is 83.8 Å². The summed E-state index contributed by atoms with van der Waals surface area (Å²) >= 11 is 0. The van der Waals surface area contributed by atoms with Gasteiger partial charge < -0.3 is 25.0 Å². The molecule has 41 heavy (non-hydrogen) atoms. The van der Waals surface area contributed by atoms with Crippen LogP contribution in [0.3, 0.4) is 0 Å². The molecule has 0 atom stereocenters. The first-order valence-corrected chi connectivity index (χ1v) is 13.5. The number of hydrogen-bond donors (Lipinski definition) is 3. The SMILES string of the molecule is COc1ccc(Cn2nc(NC(=O)c3ccc(N4CCC(CO)CC4)nc3)cc2-c2nc3ccc(F)cc3[nH]2)cc1. The minimum absolute atomic E-state index is 0.215.